The second kappa shape index (κ2) is 12.8. The van der Waals surface area contributed by atoms with Crippen molar-refractivity contribution in [1.82, 2.24) is 14.5 Å². The zero-order chi connectivity index (χ0) is 24.9. The van der Waals surface area contributed by atoms with E-state index in [1.807, 2.05) is 37.0 Å². The predicted octanol–water partition coefficient (Wildman–Crippen LogP) is 3.46. The Hall–Kier alpha value is -0.280. The summed E-state index contributed by atoms with van der Waals surface area (Å²) in [7, 11) is 0. The van der Waals surface area contributed by atoms with Crippen molar-refractivity contribution in [3.63, 3.8) is 0 Å². The average Bonchev–Trinajstić information content (AvgIpc) is 3.03. The molecule has 2 aliphatic heterocycles. The molecule has 2 heterocycles. The van der Waals surface area contributed by atoms with Crippen molar-refractivity contribution in [1.29, 1.82) is 0 Å². The van der Waals surface area contributed by atoms with E-state index < -0.39 is 5.60 Å². The number of aryl methyl sites for hydroxylation is 2. The topological polar surface area (TPSA) is 45.4 Å². The maximum atomic E-state index is 12.5. The van der Waals surface area contributed by atoms with Crippen LogP contribution in [0.3, 0.4) is 0 Å². The van der Waals surface area contributed by atoms with Gasteiger partial charge in [0.1, 0.15) is 12.1 Å². The van der Waals surface area contributed by atoms with Crippen molar-refractivity contribution >= 4 is 64.9 Å². The minimum atomic E-state index is -0.465. The van der Waals surface area contributed by atoms with Crippen LogP contribution in [0.1, 0.15) is 45.2 Å². The monoisotopic (exact) mass is 819 g/mol. The molecule has 1 amide bonds. The van der Waals surface area contributed by atoms with Crippen LogP contribution in [0.4, 0.5) is 4.79 Å². The van der Waals surface area contributed by atoms with Gasteiger partial charge in [-0.1, -0.05) is 19.1 Å². The van der Waals surface area contributed by atoms with Gasteiger partial charge in [-0.2, -0.15) is 0 Å². The molecule has 0 N–H and O–H groups in total. The Morgan fingerprint density at radius 1 is 1.24 bits per heavy atom. The molecule has 0 bridgehead atoms. The molecule has 1 aromatic rings. The third kappa shape index (κ3) is 7.37. The number of halogens is 3. The summed E-state index contributed by atoms with van der Waals surface area (Å²) in [6.45, 7) is 13.2. The molecule has 5 nitrogen and oxygen atoms in total. The summed E-state index contributed by atoms with van der Waals surface area (Å²) in [5, 5.41) is 1.22. The minimum absolute atomic E-state index is 0.213. The van der Waals surface area contributed by atoms with E-state index in [2.05, 4.69) is 86.0 Å². The molecule has 186 valence electrons. The zero-order valence-electron chi connectivity index (χ0n) is 20.3. The maximum absolute atomic E-state index is 12.5. The summed E-state index contributed by atoms with van der Waals surface area (Å²) in [5.74, 6) is 0. The van der Waals surface area contributed by atoms with Crippen molar-refractivity contribution in [2.75, 3.05) is 26.2 Å². The van der Waals surface area contributed by atoms with Crippen LogP contribution in [0.5, 0.6) is 0 Å². The third-order valence-corrected chi connectivity index (χ3v) is 6.76. The molecule has 1 aliphatic carbocycles. The summed E-state index contributed by atoms with van der Waals surface area (Å²) < 4.78 is 9.20. The average molecular weight is 819 g/mol. The van der Waals surface area contributed by atoms with Gasteiger partial charge in [0.25, 0.3) is 0 Å². The molecule has 3 aliphatic rings. The van der Waals surface area contributed by atoms with Gasteiger partial charge in [0.15, 0.2) is 6.54 Å². The summed E-state index contributed by atoms with van der Waals surface area (Å²) in [5.41, 5.74) is 4.25. The first-order chi connectivity index (χ1) is 16.2. The van der Waals surface area contributed by atoms with E-state index in [-0.39, 0.29) is 6.09 Å². The number of rotatable bonds is 1. The molecule has 0 radical (unpaired) electrons. The standard InChI is InChI=1S/C25H32N3O2S.I3/c1-6-18-15-19(16-21-23(18)26-22-17(2)9-7-10-20(22)31-21)27-11-8-12-28(14-13-27)24(29)30-25(3,4)5;1-3-2/h7,9-10,15-16H,6,8,11-14H2,1-5H3;/q+1;-1. The van der Waals surface area contributed by atoms with E-state index in [1.165, 1.54) is 26.1 Å². The second-order valence-corrected chi connectivity index (χ2v) is 26.6. The van der Waals surface area contributed by atoms with Crippen molar-refractivity contribution in [3.8, 4) is 10.6 Å². The SMILES string of the molecule is CCc1cc(=[N+]2CCCN(C(=O)OC(C)(C)C)CC2)cc2sc3cccc(C)c3nc1-2.I[I-]I. The number of ether oxygens (including phenoxy) is 1. The summed E-state index contributed by atoms with van der Waals surface area (Å²) >= 11 is 7.12. The number of fused-ring (bicyclic) bond motifs is 2. The summed E-state index contributed by atoms with van der Waals surface area (Å²) in [6, 6.07) is 10.9. The zero-order valence-corrected chi connectivity index (χ0v) is 27.6. The molecule has 0 spiro atoms. The second-order valence-electron chi connectivity index (χ2n) is 9.30. The Bertz CT molecular complexity index is 1190. The van der Waals surface area contributed by atoms with Crippen LogP contribution in [0, 0.1) is 6.92 Å². The molecule has 1 fully saturated rings. The normalized spacial score (nSPS) is 16.3. The van der Waals surface area contributed by atoms with Crippen LogP contribution >= 0.6 is 48.6 Å². The first kappa shape index (κ1) is 28.3. The van der Waals surface area contributed by atoms with Crippen LogP contribution in [0.15, 0.2) is 30.3 Å². The van der Waals surface area contributed by atoms with Crippen molar-refractivity contribution in [3.05, 3.63) is 46.8 Å². The van der Waals surface area contributed by atoms with Gasteiger partial charge in [-0.25, -0.2) is 14.4 Å². The Kier molecular flexibility index (Phi) is 10.6. The first-order valence-electron chi connectivity index (χ1n) is 11.4. The molecule has 1 aromatic carbocycles. The van der Waals surface area contributed by atoms with Gasteiger partial charge >= 0.3 is 56.6 Å². The summed E-state index contributed by atoms with van der Waals surface area (Å²) in [4.78, 5) is 20.6. The van der Waals surface area contributed by atoms with E-state index in [9.17, 15) is 4.79 Å². The van der Waals surface area contributed by atoms with Gasteiger partial charge < -0.3 is 9.64 Å². The van der Waals surface area contributed by atoms with E-state index in [0.717, 1.165) is 43.7 Å². The molecule has 0 atom stereocenters. The van der Waals surface area contributed by atoms with Gasteiger partial charge in [0, 0.05) is 25.1 Å². The van der Waals surface area contributed by atoms with Gasteiger partial charge in [-0.3, -0.25) is 0 Å². The van der Waals surface area contributed by atoms with Crippen LogP contribution < -0.4 is 23.2 Å². The van der Waals surface area contributed by atoms with E-state index in [4.69, 9.17) is 9.72 Å². The van der Waals surface area contributed by atoms with E-state index in [0.29, 0.717) is 19.8 Å². The Balaban J connectivity index is 0.00000103. The number of carbonyl (C=O) groups is 1. The van der Waals surface area contributed by atoms with Crippen molar-refractivity contribution in [2.45, 2.75) is 53.1 Å². The van der Waals surface area contributed by atoms with Crippen LogP contribution in [0.2, 0.25) is 0 Å². The fourth-order valence-corrected chi connectivity index (χ4v) is 5.22. The molecule has 9 heteroatoms. The van der Waals surface area contributed by atoms with Crippen molar-refractivity contribution in [2.24, 2.45) is 0 Å². The number of hydrogen-bond donors (Lipinski definition) is 0. The molecule has 34 heavy (non-hydrogen) atoms. The molecule has 0 saturated carbocycles. The number of hydrogen-bond acceptors (Lipinski definition) is 4. The number of aromatic nitrogens is 1. The van der Waals surface area contributed by atoms with Crippen LogP contribution in [0.25, 0.3) is 20.8 Å². The molecule has 4 rings (SSSR count). The predicted molar refractivity (Wildman–Crippen MR) is 156 cm³/mol. The van der Waals surface area contributed by atoms with Gasteiger partial charge in [0.2, 0.25) is 5.36 Å². The number of benzene rings is 2. The third-order valence-electron chi connectivity index (χ3n) is 5.68. The number of amides is 1. The Morgan fingerprint density at radius 3 is 2.65 bits per heavy atom. The van der Waals surface area contributed by atoms with Crippen molar-refractivity contribution < 1.29 is 22.8 Å². The van der Waals surface area contributed by atoms with Gasteiger partial charge in [-0.15, -0.1) is 11.3 Å². The molecule has 0 aromatic heterocycles. The van der Waals surface area contributed by atoms with E-state index in [1.54, 1.807) is 0 Å². The molecular weight excluding hydrogens is 787 g/mol. The van der Waals surface area contributed by atoms with Crippen LogP contribution in [-0.4, -0.2) is 47.8 Å². The van der Waals surface area contributed by atoms with Crippen LogP contribution in [-0.2, 0) is 11.2 Å². The van der Waals surface area contributed by atoms with Gasteiger partial charge in [-0.05, 0) is 51.3 Å². The number of para-hydroxylation sites is 1. The number of carbonyl (C=O) groups excluding carboxylic acids is 1. The quantitative estimate of drug-likeness (QED) is 0.215. The molecule has 0 unspecified atom stereocenters. The number of nitrogens with zero attached hydrogens (tertiary/aromatic N) is 3. The Morgan fingerprint density at radius 2 is 1.97 bits per heavy atom. The fourth-order valence-electron chi connectivity index (χ4n) is 4.08. The van der Waals surface area contributed by atoms with E-state index >= 15 is 0 Å². The molecular formula is C25H32I3N3O2S. The summed E-state index contributed by atoms with van der Waals surface area (Å²) in [6.07, 6.45) is 1.66. The fraction of sp³-hybridized carbons (Fsp3) is 0.480. The molecule has 1 saturated heterocycles. The Labute approximate surface area is 236 Å². The van der Waals surface area contributed by atoms with Gasteiger partial charge in [0.05, 0.1) is 27.3 Å². The first-order valence-corrected chi connectivity index (χ1v) is 24.8.